The molecule has 0 aliphatic heterocycles. The lowest BCUT2D eigenvalue weighted by Crippen LogP contribution is -2.44. The van der Waals surface area contributed by atoms with Gasteiger partial charge in [-0.05, 0) is 38.2 Å². The van der Waals surface area contributed by atoms with Crippen LogP contribution in [0.4, 0.5) is 11.4 Å². The minimum absolute atomic E-state index is 0.0307. The van der Waals surface area contributed by atoms with Crippen molar-refractivity contribution in [1.82, 2.24) is 0 Å². The van der Waals surface area contributed by atoms with Crippen molar-refractivity contribution in [3.05, 3.63) is 28.3 Å². The van der Waals surface area contributed by atoms with Crippen LogP contribution in [0.1, 0.15) is 46.0 Å². The number of nitro benzene ring substituents is 1. The molecule has 110 valence electrons. The highest BCUT2D eigenvalue weighted by atomic mass is 16.6. The molecule has 1 aromatic carbocycles. The zero-order valence-corrected chi connectivity index (χ0v) is 12.1. The van der Waals surface area contributed by atoms with E-state index in [1.807, 2.05) is 6.92 Å². The first-order valence-electron chi connectivity index (χ1n) is 7.29. The van der Waals surface area contributed by atoms with Crippen LogP contribution in [-0.4, -0.2) is 17.1 Å². The predicted molar refractivity (Wildman–Crippen MR) is 79.4 cm³/mol. The summed E-state index contributed by atoms with van der Waals surface area (Å²) in [5.41, 5.74) is 1.10. The molecule has 0 atom stereocenters. The van der Waals surface area contributed by atoms with E-state index in [0.29, 0.717) is 12.4 Å². The summed E-state index contributed by atoms with van der Waals surface area (Å²) >= 11 is 0. The van der Waals surface area contributed by atoms with Crippen molar-refractivity contribution >= 4 is 11.4 Å². The third-order valence-corrected chi connectivity index (χ3v) is 4.02. The Labute approximate surface area is 119 Å². The topological polar surface area (TPSA) is 64.4 Å². The van der Waals surface area contributed by atoms with Gasteiger partial charge in [0.2, 0.25) is 0 Å². The van der Waals surface area contributed by atoms with Crippen LogP contribution >= 0.6 is 0 Å². The molecular weight excluding hydrogens is 256 g/mol. The average molecular weight is 278 g/mol. The van der Waals surface area contributed by atoms with Gasteiger partial charge in [0.1, 0.15) is 0 Å². The van der Waals surface area contributed by atoms with Gasteiger partial charge in [0.15, 0.2) is 5.75 Å². The number of hydrogen-bond acceptors (Lipinski definition) is 4. The molecule has 0 unspecified atom stereocenters. The molecule has 0 aromatic heterocycles. The molecule has 0 heterocycles. The smallest absolute Gasteiger partial charge is 0.311 e. The predicted octanol–water partition coefficient (Wildman–Crippen LogP) is 4.13. The van der Waals surface area contributed by atoms with E-state index in [9.17, 15) is 10.1 Å². The molecule has 0 amide bonds. The Bertz CT molecular complexity index is 478. The van der Waals surface area contributed by atoms with Gasteiger partial charge >= 0.3 is 5.69 Å². The minimum Gasteiger partial charge on any atom is -0.487 e. The maximum atomic E-state index is 11.0. The normalized spacial score (nSPS) is 16.3. The summed E-state index contributed by atoms with van der Waals surface area (Å²) in [7, 11) is 0. The van der Waals surface area contributed by atoms with Gasteiger partial charge in [0.25, 0.3) is 0 Å². The van der Waals surface area contributed by atoms with Crippen LogP contribution in [0.2, 0.25) is 0 Å². The highest BCUT2D eigenvalue weighted by Gasteiger charge is 2.35. The Balaban J connectivity index is 2.20. The SMILES string of the molecule is CCCOc1cc(NC2(CC)CCC2)ccc1[N+](=O)[O-]. The summed E-state index contributed by atoms with van der Waals surface area (Å²) in [5, 5.41) is 14.5. The van der Waals surface area contributed by atoms with E-state index in [0.717, 1.165) is 31.4 Å². The molecule has 2 rings (SSSR count). The van der Waals surface area contributed by atoms with E-state index in [2.05, 4.69) is 12.2 Å². The average Bonchev–Trinajstić information content (AvgIpc) is 2.40. The zero-order valence-electron chi connectivity index (χ0n) is 12.1. The van der Waals surface area contributed by atoms with E-state index in [-0.39, 0.29) is 11.2 Å². The molecular formula is C15H22N2O3. The zero-order chi connectivity index (χ0) is 14.6. The number of nitro groups is 1. The van der Waals surface area contributed by atoms with E-state index in [1.54, 1.807) is 12.1 Å². The number of hydrogen-bond donors (Lipinski definition) is 1. The molecule has 1 saturated carbocycles. The molecule has 1 fully saturated rings. The van der Waals surface area contributed by atoms with Gasteiger partial charge in [-0.3, -0.25) is 10.1 Å². The lowest BCUT2D eigenvalue weighted by Gasteiger charge is -2.43. The number of rotatable bonds is 7. The fourth-order valence-corrected chi connectivity index (χ4v) is 2.55. The molecule has 1 aliphatic rings. The van der Waals surface area contributed by atoms with Gasteiger partial charge in [-0.15, -0.1) is 0 Å². The van der Waals surface area contributed by atoms with Gasteiger partial charge < -0.3 is 10.1 Å². The quantitative estimate of drug-likeness (QED) is 0.601. The molecule has 1 aliphatic carbocycles. The number of benzene rings is 1. The van der Waals surface area contributed by atoms with Gasteiger partial charge in [-0.2, -0.15) is 0 Å². The first-order chi connectivity index (χ1) is 9.60. The van der Waals surface area contributed by atoms with E-state index in [4.69, 9.17) is 4.74 Å². The van der Waals surface area contributed by atoms with Crippen LogP contribution < -0.4 is 10.1 Å². The lowest BCUT2D eigenvalue weighted by atomic mass is 9.74. The van der Waals surface area contributed by atoms with Crippen LogP contribution in [0.25, 0.3) is 0 Å². The van der Waals surface area contributed by atoms with Crippen molar-refractivity contribution in [2.45, 2.75) is 51.5 Å². The Hall–Kier alpha value is -1.78. The summed E-state index contributed by atoms with van der Waals surface area (Å²) < 4.78 is 5.51. The largest absolute Gasteiger partial charge is 0.487 e. The van der Waals surface area contributed by atoms with E-state index >= 15 is 0 Å². The highest BCUT2D eigenvalue weighted by molar-refractivity contribution is 5.59. The van der Waals surface area contributed by atoms with Crippen molar-refractivity contribution in [3.63, 3.8) is 0 Å². The Morgan fingerprint density at radius 3 is 2.65 bits per heavy atom. The fraction of sp³-hybridized carbons (Fsp3) is 0.600. The number of anilines is 1. The van der Waals surface area contributed by atoms with Gasteiger partial charge in [0.05, 0.1) is 11.5 Å². The summed E-state index contributed by atoms with van der Waals surface area (Å²) in [5.74, 6) is 0.354. The summed E-state index contributed by atoms with van der Waals surface area (Å²) in [6.07, 6.45) is 5.45. The first-order valence-corrected chi connectivity index (χ1v) is 7.29. The van der Waals surface area contributed by atoms with Gasteiger partial charge in [0, 0.05) is 23.4 Å². The lowest BCUT2D eigenvalue weighted by molar-refractivity contribution is -0.385. The summed E-state index contributed by atoms with van der Waals surface area (Å²) in [6, 6.07) is 5.05. The van der Waals surface area contributed by atoms with Crippen LogP contribution in [0.15, 0.2) is 18.2 Å². The van der Waals surface area contributed by atoms with Crippen LogP contribution in [-0.2, 0) is 0 Å². The van der Waals surface area contributed by atoms with Crippen molar-refractivity contribution in [2.75, 3.05) is 11.9 Å². The molecule has 1 aromatic rings. The first kappa shape index (κ1) is 14.6. The van der Waals surface area contributed by atoms with Crippen LogP contribution in [0.3, 0.4) is 0 Å². The minimum atomic E-state index is -0.395. The number of nitrogens with one attached hydrogen (secondary N) is 1. The molecule has 5 heteroatoms. The Kier molecular flexibility index (Phi) is 4.47. The van der Waals surface area contributed by atoms with E-state index < -0.39 is 4.92 Å². The maximum absolute atomic E-state index is 11.0. The number of ether oxygens (including phenoxy) is 1. The molecule has 0 bridgehead atoms. The van der Waals surface area contributed by atoms with Crippen LogP contribution in [0.5, 0.6) is 5.75 Å². The second-order valence-corrected chi connectivity index (χ2v) is 5.40. The summed E-state index contributed by atoms with van der Waals surface area (Å²) in [4.78, 5) is 10.6. The fourth-order valence-electron chi connectivity index (χ4n) is 2.55. The molecule has 5 nitrogen and oxygen atoms in total. The second-order valence-electron chi connectivity index (χ2n) is 5.40. The third-order valence-electron chi connectivity index (χ3n) is 4.02. The maximum Gasteiger partial charge on any atom is 0.311 e. The molecule has 0 saturated heterocycles. The third kappa shape index (κ3) is 3.03. The van der Waals surface area contributed by atoms with Gasteiger partial charge in [-0.25, -0.2) is 0 Å². The molecule has 0 radical (unpaired) electrons. The van der Waals surface area contributed by atoms with Crippen LogP contribution in [0, 0.1) is 10.1 Å². The molecule has 1 N–H and O–H groups in total. The van der Waals surface area contributed by atoms with Crippen molar-refractivity contribution in [2.24, 2.45) is 0 Å². The Morgan fingerprint density at radius 1 is 1.40 bits per heavy atom. The monoisotopic (exact) mass is 278 g/mol. The molecule has 20 heavy (non-hydrogen) atoms. The number of nitrogens with zero attached hydrogens (tertiary/aromatic N) is 1. The van der Waals surface area contributed by atoms with Crippen molar-refractivity contribution in [1.29, 1.82) is 0 Å². The second kappa shape index (κ2) is 6.11. The Morgan fingerprint density at radius 2 is 2.15 bits per heavy atom. The van der Waals surface area contributed by atoms with Crippen molar-refractivity contribution in [3.8, 4) is 5.75 Å². The van der Waals surface area contributed by atoms with E-state index in [1.165, 1.54) is 12.5 Å². The van der Waals surface area contributed by atoms with Crippen molar-refractivity contribution < 1.29 is 9.66 Å². The standard InChI is InChI=1S/C15H22N2O3/c1-3-10-20-14-11-12(6-7-13(14)17(18)19)16-15(4-2)8-5-9-15/h6-7,11,16H,3-5,8-10H2,1-2H3. The highest BCUT2D eigenvalue weighted by Crippen LogP contribution is 2.39. The molecule has 0 spiro atoms. The van der Waals surface area contributed by atoms with Gasteiger partial charge in [-0.1, -0.05) is 13.8 Å². The summed E-state index contributed by atoms with van der Waals surface area (Å²) in [6.45, 7) is 4.64.